The largest absolute Gasteiger partial charge is 0.228 e. The predicted molar refractivity (Wildman–Crippen MR) is 214 cm³/mol. The second-order valence-electron chi connectivity index (χ2n) is 14.1. The molecule has 0 saturated carbocycles. The molecule has 0 saturated heterocycles. The molecule has 0 atom stereocenters. The van der Waals surface area contributed by atoms with Gasteiger partial charge in [-0.15, -0.1) is 0 Å². The molecule has 1 aliphatic carbocycles. The van der Waals surface area contributed by atoms with Gasteiger partial charge in [0, 0.05) is 22.1 Å². The van der Waals surface area contributed by atoms with Crippen molar-refractivity contribution >= 4 is 32.3 Å². The molecule has 10 rings (SSSR count). The summed E-state index contributed by atoms with van der Waals surface area (Å²) < 4.78 is 0. The van der Waals surface area contributed by atoms with Gasteiger partial charge in [-0.3, -0.25) is 0 Å². The van der Waals surface area contributed by atoms with E-state index in [4.69, 9.17) is 9.97 Å². The standard InChI is InChI=1S/C49H34N2/c1-49(2)43-25-13-12-23-41(43)47-40(24-14-26-44(47)49)38-27-28-39(36-21-10-9-20-35(36)38)45-30-46(51-48(50-45)31-15-4-3-5-16-31)42-29-32-17-6-7-18-33(32)34-19-8-11-22-37(34)42/h3-30H,1-2H3. The smallest absolute Gasteiger partial charge is 0.160 e. The summed E-state index contributed by atoms with van der Waals surface area (Å²) in [6, 6.07) is 61.2. The van der Waals surface area contributed by atoms with Crippen molar-refractivity contribution in [3.63, 3.8) is 0 Å². The Morgan fingerprint density at radius 2 is 0.922 bits per heavy atom. The van der Waals surface area contributed by atoms with Crippen molar-refractivity contribution in [2.45, 2.75) is 19.3 Å². The summed E-state index contributed by atoms with van der Waals surface area (Å²) in [7, 11) is 0. The van der Waals surface area contributed by atoms with Crippen LogP contribution in [0.2, 0.25) is 0 Å². The van der Waals surface area contributed by atoms with E-state index in [-0.39, 0.29) is 5.41 Å². The van der Waals surface area contributed by atoms with Gasteiger partial charge in [-0.1, -0.05) is 172 Å². The highest BCUT2D eigenvalue weighted by Crippen LogP contribution is 2.53. The summed E-state index contributed by atoms with van der Waals surface area (Å²) in [6.07, 6.45) is 0. The second-order valence-corrected chi connectivity index (χ2v) is 14.1. The average Bonchev–Trinajstić information content (AvgIpc) is 3.43. The summed E-state index contributed by atoms with van der Waals surface area (Å²) >= 11 is 0. The molecule has 1 aliphatic rings. The molecule has 8 aromatic carbocycles. The maximum Gasteiger partial charge on any atom is 0.160 e. The number of fused-ring (bicyclic) bond motifs is 7. The zero-order chi connectivity index (χ0) is 34.1. The lowest BCUT2D eigenvalue weighted by Gasteiger charge is -2.22. The third-order valence-electron chi connectivity index (χ3n) is 10.9. The van der Waals surface area contributed by atoms with Crippen LogP contribution < -0.4 is 0 Å². The number of benzene rings is 8. The topological polar surface area (TPSA) is 25.8 Å². The summed E-state index contributed by atoms with van der Waals surface area (Å²) in [5.74, 6) is 0.716. The first-order valence-corrected chi connectivity index (χ1v) is 17.7. The van der Waals surface area contributed by atoms with Gasteiger partial charge in [-0.05, 0) is 77.8 Å². The van der Waals surface area contributed by atoms with E-state index in [1.54, 1.807) is 0 Å². The Hall–Kier alpha value is -6.38. The van der Waals surface area contributed by atoms with Gasteiger partial charge in [0.2, 0.25) is 0 Å². The van der Waals surface area contributed by atoms with Crippen LogP contribution in [0.3, 0.4) is 0 Å². The summed E-state index contributed by atoms with van der Waals surface area (Å²) in [6.45, 7) is 4.69. The molecule has 0 unspecified atom stereocenters. The fraction of sp³-hybridized carbons (Fsp3) is 0.0612. The van der Waals surface area contributed by atoms with Crippen LogP contribution in [-0.4, -0.2) is 9.97 Å². The number of nitrogens with zero attached hydrogens (tertiary/aromatic N) is 2. The Kier molecular flexibility index (Phi) is 6.56. The Balaban J connectivity index is 1.22. The number of hydrogen-bond acceptors (Lipinski definition) is 2. The zero-order valence-electron chi connectivity index (χ0n) is 28.6. The normalized spacial score (nSPS) is 13.1. The van der Waals surface area contributed by atoms with Gasteiger partial charge in [-0.25, -0.2) is 9.97 Å². The molecular weight excluding hydrogens is 617 g/mol. The van der Waals surface area contributed by atoms with Crippen molar-refractivity contribution in [2.24, 2.45) is 0 Å². The molecule has 2 heteroatoms. The van der Waals surface area contributed by atoms with Crippen molar-refractivity contribution in [3.05, 3.63) is 181 Å². The molecule has 1 aromatic heterocycles. The van der Waals surface area contributed by atoms with E-state index in [2.05, 4.69) is 178 Å². The lowest BCUT2D eigenvalue weighted by Crippen LogP contribution is -2.14. The maximum absolute atomic E-state index is 5.29. The summed E-state index contributed by atoms with van der Waals surface area (Å²) in [4.78, 5) is 10.6. The number of aromatic nitrogens is 2. The first-order valence-electron chi connectivity index (χ1n) is 17.7. The molecule has 1 heterocycles. The molecule has 0 spiro atoms. The highest BCUT2D eigenvalue weighted by Gasteiger charge is 2.36. The van der Waals surface area contributed by atoms with Crippen LogP contribution in [0.15, 0.2) is 170 Å². The van der Waals surface area contributed by atoms with Gasteiger partial charge in [-0.2, -0.15) is 0 Å². The van der Waals surface area contributed by atoms with Gasteiger partial charge >= 0.3 is 0 Å². The van der Waals surface area contributed by atoms with E-state index in [9.17, 15) is 0 Å². The molecule has 51 heavy (non-hydrogen) atoms. The van der Waals surface area contributed by atoms with Gasteiger partial charge in [0.25, 0.3) is 0 Å². The quantitative estimate of drug-likeness (QED) is 0.177. The van der Waals surface area contributed by atoms with Gasteiger partial charge in [0.1, 0.15) is 0 Å². The van der Waals surface area contributed by atoms with Crippen molar-refractivity contribution in [1.29, 1.82) is 0 Å². The first kappa shape index (κ1) is 29.5. The first-order chi connectivity index (χ1) is 25.1. The third-order valence-corrected chi connectivity index (χ3v) is 10.9. The van der Waals surface area contributed by atoms with Crippen LogP contribution >= 0.6 is 0 Å². The average molecular weight is 651 g/mol. The van der Waals surface area contributed by atoms with E-state index in [0.717, 1.165) is 28.1 Å². The molecule has 9 aromatic rings. The van der Waals surface area contributed by atoms with E-state index < -0.39 is 0 Å². The molecule has 240 valence electrons. The Morgan fingerprint density at radius 3 is 1.71 bits per heavy atom. The lowest BCUT2D eigenvalue weighted by atomic mass is 9.81. The van der Waals surface area contributed by atoms with Crippen LogP contribution in [-0.2, 0) is 5.41 Å². The van der Waals surface area contributed by atoms with Crippen molar-refractivity contribution in [1.82, 2.24) is 9.97 Å². The monoisotopic (exact) mass is 650 g/mol. The lowest BCUT2D eigenvalue weighted by molar-refractivity contribution is 0.660. The highest BCUT2D eigenvalue weighted by molar-refractivity contribution is 6.14. The maximum atomic E-state index is 5.29. The molecule has 2 nitrogen and oxygen atoms in total. The van der Waals surface area contributed by atoms with E-state index in [1.807, 2.05) is 6.07 Å². The van der Waals surface area contributed by atoms with E-state index in [0.29, 0.717) is 5.82 Å². The molecule has 0 bridgehead atoms. The summed E-state index contributed by atoms with van der Waals surface area (Å²) in [5, 5.41) is 7.23. The van der Waals surface area contributed by atoms with Crippen LogP contribution in [0.5, 0.6) is 0 Å². The summed E-state index contributed by atoms with van der Waals surface area (Å²) in [5.41, 5.74) is 12.9. The van der Waals surface area contributed by atoms with E-state index >= 15 is 0 Å². The number of hydrogen-bond donors (Lipinski definition) is 0. The third kappa shape index (κ3) is 4.57. The minimum absolute atomic E-state index is 0.0597. The minimum Gasteiger partial charge on any atom is -0.228 e. The van der Waals surface area contributed by atoms with Crippen LogP contribution in [0, 0.1) is 0 Å². The zero-order valence-corrected chi connectivity index (χ0v) is 28.6. The van der Waals surface area contributed by atoms with Crippen molar-refractivity contribution in [2.75, 3.05) is 0 Å². The van der Waals surface area contributed by atoms with Gasteiger partial charge in [0.05, 0.1) is 11.4 Å². The second kappa shape index (κ2) is 11.3. The molecule has 0 radical (unpaired) electrons. The molecule has 0 amide bonds. The predicted octanol–water partition coefficient (Wildman–Crippen LogP) is 12.9. The fourth-order valence-electron chi connectivity index (χ4n) is 8.44. The van der Waals surface area contributed by atoms with E-state index in [1.165, 1.54) is 65.7 Å². The highest BCUT2D eigenvalue weighted by atomic mass is 14.9. The Morgan fingerprint density at radius 1 is 0.373 bits per heavy atom. The van der Waals surface area contributed by atoms with Crippen LogP contribution in [0.1, 0.15) is 25.0 Å². The van der Waals surface area contributed by atoms with Gasteiger partial charge < -0.3 is 0 Å². The van der Waals surface area contributed by atoms with Crippen molar-refractivity contribution < 1.29 is 0 Å². The minimum atomic E-state index is -0.0597. The van der Waals surface area contributed by atoms with Crippen LogP contribution in [0.25, 0.3) is 88.5 Å². The van der Waals surface area contributed by atoms with Crippen molar-refractivity contribution in [3.8, 4) is 56.2 Å². The van der Waals surface area contributed by atoms with Gasteiger partial charge in [0.15, 0.2) is 5.82 Å². The molecular formula is C49H34N2. The fourth-order valence-corrected chi connectivity index (χ4v) is 8.44. The molecule has 0 N–H and O–H groups in total. The molecule has 0 aliphatic heterocycles. The molecule has 0 fully saturated rings. The Bertz CT molecular complexity index is 2830. The number of rotatable bonds is 4. The SMILES string of the molecule is CC1(C)c2ccccc2-c2c(-c3ccc(-c4cc(-c5cc6ccccc6c6ccccc56)nc(-c5ccccc5)n4)c4ccccc34)cccc21. The van der Waals surface area contributed by atoms with Crippen LogP contribution in [0.4, 0.5) is 0 Å². The Labute approximate surface area is 297 Å².